The van der Waals surface area contributed by atoms with Gasteiger partial charge < -0.3 is 10.6 Å². The number of hydrogen-bond donors (Lipinski definition) is 1. The number of benzene rings is 2. The van der Waals surface area contributed by atoms with Crippen LogP contribution in [0.3, 0.4) is 0 Å². The lowest BCUT2D eigenvalue weighted by atomic mass is 9.92. The van der Waals surface area contributed by atoms with Crippen molar-refractivity contribution in [2.24, 2.45) is 0 Å². The normalized spacial score (nSPS) is 14.8. The van der Waals surface area contributed by atoms with E-state index in [0.29, 0.717) is 11.9 Å². The van der Waals surface area contributed by atoms with Crippen molar-refractivity contribution in [3.63, 3.8) is 0 Å². The van der Waals surface area contributed by atoms with E-state index in [0.717, 1.165) is 48.3 Å². The van der Waals surface area contributed by atoms with Crippen molar-refractivity contribution >= 4 is 11.9 Å². The van der Waals surface area contributed by atoms with Gasteiger partial charge in [0, 0.05) is 36.5 Å². The maximum Gasteiger partial charge on any atom is 0.253 e. The predicted octanol–water partition coefficient (Wildman–Crippen LogP) is 4.05. The minimum Gasteiger partial charge on any atom is -0.368 e. The van der Waals surface area contributed by atoms with E-state index in [9.17, 15) is 4.79 Å². The zero-order chi connectivity index (χ0) is 19.5. The fraction of sp³-hybridized carbons (Fsp3) is 0.261. The number of likely N-dealkylation sites (tertiary alicyclic amines) is 1. The van der Waals surface area contributed by atoms with Gasteiger partial charge in [0.1, 0.15) is 0 Å². The van der Waals surface area contributed by atoms with Gasteiger partial charge in [-0.15, -0.1) is 0 Å². The number of carbonyl (C=O) groups excluding carboxylic acids is 1. The Hall–Kier alpha value is -3.21. The van der Waals surface area contributed by atoms with Gasteiger partial charge in [-0.3, -0.25) is 4.79 Å². The van der Waals surface area contributed by atoms with Crippen LogP contribution in [0.5, 0.6) is 0 Å². The molecular weight excluding hydrogens is 348 g/mol. The molecule has 0 spiro atoms. The molecule has 0 aliphatic carbocycles. The summed E-state index contributed by atoms with van der Waals surface area (Å²) >= 11 is 0. The van der Waals surface area contributed by atoms with Crippen molar-refractivity contribution in [3.8, 4) is 11.1 Å². The summed E-state index contributed by atoms with van der Waals surface area (Å²) in [5, 5.41) is 0. The number of nitrogens with two attached hydrogens (primary N) is 1. The number of aryl methyl sites for hydroxylation is 1. The Morgan fingerprint density at radius 3 is 2.46 bits per heavy atom. The third kappa shape index (κ3) is 3.88. The summed E-state index contributed by atoms with van der Waals surface area (Å²) in [6, 6.07) is 18.2. The second kappa shape index (κ2) is 7.80. The van der Waals surface area contributed by atoms with Crippen LogP contribution in [0.2, 0.25) is 0 Å². The van der Waals surface area contributed by atoms with Gasteiger partial charge in [0.15, 0.2) is 0 Å². The van der Waals surface area contributed by atoms with Crippen molar-refractivity contribution < 1.29 is 4.79 Å². The molecule has 5 heteroatoms. The van der Waals surface area contributed by atoms with Crippen LogP contribution in [0.4, 0.5) is 5.95 Å². The maximum atomic E-state index is 13.0. The van der Waals surface area contributed by atoms with Crippen LogP contribution in [-0.4, -0.2) is 33.9 Å². The number of nitrogens with zero attached hydrogens (tertiary/aromatic N) is 3. The summed E-state index contributed by atoms with van der Waals surface area (Å²) in [6.07, 6.45) is 3.48. The molecule has 5 nitrogen and oxygen atoms in total. The molecule has 2 N–H and O–H groups in total. The number of carbonyl (C=O) groups is 1. The van der Waals surface area contributed by atoms with Gasteiger partial charge in [0.25, 0.3) is 5.91 Å². The lowest BCUT2D eigenvalue weighted by Gasteiger charge is -2.32. The predicted molar refractivity (Wildman–Crippen MR) is 111 cm³/mol. The molecule has 2 aromatic carbocycles. The zero-order valence-corrected chi connectivity index (χ0v) is 16.0. The summed E-state index contributed by atoms with van der Waals surface area (Å²) in [5.41, 5.74) is 10.8. The fourth-order valence-electron chi connectivity index (χ4n) is 3.83. The Balaban J connectivity index is 1.46. The van der Waals surface area contributed by atoms with Crippen LogP contribution in [0.1, 0.15) is 40.4 Å². The van der Waals surface area contributed by atoms with Crippen molar-refractivity contribution in [3.05, 3.63) is 77.6 Å². The quantitative estimate of drug-likeness (QED) is 0.753. The highest BCUT2D eigenvalue weighted by molar-refractivity contribution is 5.95. The van der Waals surface area contributed by atoms with Gasteiger partial charge in [0.05, 0.1) is 0 Å². The van der Waals surface area contributed by atoms with E-state index < -0.39 is 0 Å². The van der Waals surface area contributed by atoms with E-state index in [1.165, 1.54) is 5.56 Å². The summed E-state index contributed by atoms with van der Waals surface area (Å²) in [7, 11) is 0. The minimum atomic E-state index is 0.0927. The molecule has 0 radical (unpaired) electrons. The number of aromatic nitrogens is 2. The van der Waals surface area contributed by atoms with Crippen LogP contribution >= 0.6 is 0 Å². The zero-order valence-electron chi connectivity index (χ0n) is 16.0. The Morgan fingerprint density at radius 1 is 1.04 bits per heavy atom. The summed E-state index contributed by atoms with van der Waals surface area (Å²) in [5.74, 6) is 0.729. The smallest absolute Gasteiger partial charge is 0.253 e. The van der Waals surface area contributed by atoms with Crippen LogP contribution in [0, 0.1) is 6.92 Å². The van der Waals surface area contributed by atoms with E-state index >= 15 is 0 Å². The molecule has 1 aliphatic heterocycles. The van der Waals surface area contributed by atoms with E-state index in [-0.39, 0.29) is 5.91 Å². The molecule has 0 atom stereocenters. The van der Waals surface area contributed by atoms with Crippen molar-refractivity contribution in [2.45, 2.75) is 25.7 Å². The molecule has 4 rings (SSSR count). The number of nitrogen functional groups attached to an aromatic ring is 1. The van der Waals surface area contributed by atoms with Crippen LogP contribution in [-0.2, 0) is 0 Å². The fourth-order valence-corrected chi connectivity index (χ4v) is 3.83. The molecular formula is C23H24N4O. The molecule has 1 aliphatic rings. The van der Waals surface area contributed by atoms with Gasteiger partial charge in [0.2, 0.25) is 5.95 Å². The Morgan fingerprint density at radius 2 is 1.75 bits per heavy atom. The first-order valence-corrected chi connectivity index (χ1v) is 9.65. The Kier molecular flexibility index (Phi) is 5.06. The highest BCUT2D eigenvalue weighted by atomic mass is 16.2. The lowest BCUT2D eigenvalue weighted by Crippen LogP contribution is -2.38. The molecule has 0 saturated carbocycles. The average Bonchev–Trinajstić information content (AvgIpc) is 2.73. The SMILES string of the molecule is Cc1cccc(-c2cccc(C(=O)N3CCC(c4ccnc(N)n4)CC3)c2)c1. The van der Waals surface area contributed by atoms with E-state index in [2.05, 4.69) is 41.2 Å². The first kappa shape index (κ1) is 18.2. The number of piperidine rings is 1. The highest BCUT2D eigenvalue weighted by Gasteiger charge is 2.25. The summed E-state index contributed by atoms with van der Waals surface area (Å²) < 4.78 is 0. The first-order chi connectivity index (χ1) is 13.6. The number of anilines is 1. The van der Waals surface area contributed by atoms with Crippen LogP contribution in [0.25, 0.3) is 11.1 Å². The van der Waals surface area contributed by atoms with Crippen LogP contribution in [0.15, 0.2) is 60.8 Å². The third-order valence-electron chi connectivity index (χ3n) is 5.36. The van der Waals surface area contributed by atoms with Crippen molar-refractivity contribution in [2.75, 3.05) is 18.8 Å². The number of rotatable bonds is 3. The second-order valence-electron chi connectivity index (χ2n) is 7.36. The van der Waals surface area contributed by atoms with E-state index in [1.54, 1.807) is 6.20 Å². The minimum absolute atomic E-state index is 0.0927. The molecule has 1 saturated heterocycles. The monoisotopic (exact) mass is 372 g/mol. The van der Waals surface area contributed by atoms with E-state index in [4.69, 9.17) is 5.73 Å². The topological polar surface area (TPSA) is 72.1 Å². The summed E-state index contributed by atoms with van der Waals surface area (Å²) in [6.45, 7) is 3.53. The number of amides is 1. The van der Waals surface area contributed by atoms with E-state index in [1.807, 2.05) is 35.2 Å². The molecule has 0 unspecified atom stereocenters. The molecule has 1 fully saturated rings. The first-order valence-electron chi connectivity index (χ1n) is 9.65. The number of hydrogen-bond acceptors (Lipinski definition) is 4. The van der Waals surface area contributed by atoms with Crippen LogP contribution < -0.4 is 5.73 Å². The molecule has 28 heavy (non-hydrogen) atoms. The molecule has 3 aromatic rings. The molecule has 1 aromatic heterocycles. The molecule has 2 heterocycles. The third-order valence-corrected chi connectivity index (χ3v) is 5.36. The molecule has 142 valence electrons. The van der Waals surface area contributed by atoms with Gasteiger partial charge in [-0.1, -0.05) is 42.0 Å². The Labute approximate surface area is 165 Å². The van der Waals surface area contributed by atoms with Gasteiger partial charge >= 0.3 is 0 Å². The van der Waals surface area contributed by atoms with Gasteiger partial charge in [-0.05, 0) is 49.1 Å². The van der Waals surface area contributed by atoms with Gasteiger partial charge in [-0.2, -0.15) is 0 Å². The largest absolute Gasteiger partial charge is 0.368 e. The summed E-state index contributed by atoms with van der Waals surface area (Å²) in [4.78, 5) is 23.3. The molecule has 0 bridgehead atoms. The Bertz CT molecular complexity index is 993. The van der Waals surface area contributed by atoms with Gasteiger partial charge in [-0.25, -0.2) is 9.97 Å². The average molecular weight is 372 g/mol. The lowest BCUT2D eigenvalue weighted by molar-refractivity contribution is 0.0712. The highest BCUT2D eigenvalue weighted by Crippen LogP contribution is 2.28. The standard InChI is InChI=1S/C23H24N4O/c1-16-4-2-5-18(14-16)19-6-3-7-20(15-19)22(28)27-12-9-17(10-13-27)21-8-11-25-23(24)26-21/h2-8,11,14-15,17H,9-10,12-13H2,1H3,(H2,24,25,26). The van der Waals surface area contributed by atoms with Crippen molar-refractivity contribution in [1.82, 2.24) is 14.9 Å². The van der Waals surface area contributed by atoms with Crippen molar-refractivity contribution in [1.29, 1.82) is 0 Å². The second-order valence-corrected chi connectivity index (χ2v) is 7.36. The molecule has 1 amide bonds. The maximum absolute atomic E-state index is 13.0.